The van der Waals surface area contributed by atoms with Crippen LogP contribution in [0.1, 0.15) is 36.0 Å². The van der Waals surface area contributed by atoms with Crippen molar-refractivity contribution in [1.82, 2.24) is 0 Å². The normalized spacial score (nSPS) is 16.7. The van der Waals surface area contributed by atoms with Crippen LogP contribution in [0, 0.1) is 0 Å². The Hall–Kier alpha value is -0.580. The van der Waals surface area contributed by atoms with E-state index in [0.717, 1.165) is 12.8 Å². The Labute approximate surface area is 122 Å². The summed E-state index contributed by atoms with van der Waals surface area (Å²) in [7, 11) is -3.38. The van der Waals surface area contributed by atoms with E-state index in [1.165, 1.54) is 18.2 Å². The minimum absolute atomic E-state index is 0.194. The monoisotopic (exact) mass is 320 g/mol. The van der Waals surface area contributed by atoms with Crippen LogP contribution in [0.2, 0.25) is 10.0 Å². The van der Waals surface area contributed by atoms with Crippen molar-refractivity contribution < 1.29 is 13.2 Å². The van der Waals surface area contributed by atoms with Crippen molar-refractivity contribution in [2.24, 2.45) is 0 Å². The molecule has 1 aromatic rings. The summed E-state index contributed by atoms with van der Waals surface area (Å²) in [4.78, 5) is 12.0. The fourth-order valence-electron chi connectivity index (χ4n) is 2.34. The van der Waals surface area contributed by atoms with Crippen molar-refractivity contribution in [3.63, 3.8) is 0 Å². The van der Waals surface area contributed by atoms with Crippen molar-refractivity contribution in [2.75, 3.05) is 5.75 Å². The van der Waals surface area contributed by atoms with Crippen LogP contribution in [0.3, 0.4) is 0 Å². The second kappa shape index (κ2) is 5.81. The molecular weight excluding hydrogens is 307 g/mol. The van der Waals surface area contributed by atoms with Crippen LogP contribution in [0.4, 0.5) is 0 Å². The highest BCUT2D eigenvalue weighted by Gasteiger charge is 2.31. The molecule has 2 rings (SSSR count). The zero-order valence-electron chi connectivity index (χ0n) is 10.2. The minimum Gasteiger partial charge on any atom is -0.293 e. The summed E-state index contributed by atoms with van der Waals surface area (Å²) >= 11 is 11.7. The summed E-state index contributed by atoms with van der Waals surface area (Å²) in [5.74, 6) is -0.937. The number of benzene rings is 1. The lowest BCUT2D eigenvalue weighted by Crippen LogP contribution is -2.26. The number of rotatable bonds is 4. The quantitative estimate of drug-likeness (QED) is 0.797. The minimum atomic E-state index is -3.38. The van der Waals surface area contributed by atoms with Gasteiger partial charge >= 0.3 is 0 Å². The van der Waals surface area contributed by atoms with Gasteiger partial charge in [-0.15, -0.1) is 0 Å². The fourth-order valence-corrected chi connectivity index (χ4v) is 4.66. The topological polar surface area (TPSA) is 51.2 Å². The first-order valence-corrected chi connectivity index (χ1v) is 8.57. The van der Waals surface area contributed by atoms with Crippen LogP contribution in [-0.4, -0.2) is 25.2 Å². The van der Waals surface area contributed by atoms with E-state index in [0.29, 0.717) is 17.9 Å². The van der Waals surface area contributed by atoms with E-state index in [4.69, 9.17) is 23.2 Å². The van der Waals surface area contributed by atoms with Crippen LogP contribution >= 0.6 is 23.2 Å². The van der Waals surface area contributed by atoms with Gasteiger partial charge < -0.3 is 0 Å². The van der Waals surface area contributed by atoms with E-state index in [9.17, 15) is 13.2 Å². The van der Waals surface area contributed by atoms with Crippen molar-refractivity contribution in [3.05, 3.63) is 33.8 Å². The summed E-state index contributed by atoms with van der Waals surface area (Å²) < 4.78 is 24.2. The number of Topliss-reactive ketones (excluding diaryl/α,β-unsaturated/α-hetero) is 1. The Morgan fingerprint density at radius 2 is 1.84 bits per heavy atom. The molecule has 104 valence electrons. The van der Waals surface area contributed by atoms with Gasteiger partial charge in [-0.25, -0.2) is 8.42 Å². The second-order valence-electron chi connectivity index (χ2n) is 4.76. The Bertz CT molecular complexity index is 590. The second-order valence-corrected chi connectivity index (χ2v) is 7.89. The summed E-state index contributed by atoms with van der Waals surface area (Å²) in [5, 5.41) is 0.238. The van der Waals surface area contributed by atoms with E-state index < -0.39 is 21.4 Å². The molecule has 6 heteroatoms. The predicted octanol–water partition coefficient (Wildman–Crippen LogP) is 3.53. The third-order valence-corrected chi connectivity index (χ3v) is 6.07. The molecule has 1 aliphatic rings. The SMILES string of the molecule is O=C(CS(=O)(=O)C1CCCC1)c1ccc(Cl)cc1Cl. The molecule has 0 radical (unpaired) electrons. The highest BCUT2D eigenvalue weighted by atomic mass is 35.5. The van der Waals surface area contributed by atoms with Crippen LogP contribution in [0.5, 0.6) is 0 Å². The van der Waals surface area contributed by atoms with Gasteiger partial charge in [0.05, 0.1) is 10.3 Å². The van der Waals surface area contributed by atoms with Gasteiger partial charge in [-0.1, -0.05) is 36.0 Å². The molecule has 1 aliphatic carbocycles. The third-order valence-electron chi connectivity index (χ3n) is 3.37. The van der Waals surface area contributed by atoms with Crippen molar-refractivity contribution in [1.29, 1.82) is 0 Å². The molecule has 0 spiro atoms. The molecule has 0 heterocycles. The van der Waals surface area contributed by atoms with Gasteiger partial charge in [0.1, 0.15) is 5.75 Å². The average Bonchev–Trinajstić information content (AvgIpc) is 2.81. The number of sulfone groups is 1. The van der Waals surface area contributed by atoms with Crippen LogP contribution in [0.15, 0.2) is 18.2 Å². The van der Waals surface area contributed by atoms with E-state index in [1.807, 2.05) is 0 Å². The number of ketones is 1. The van der Waals surface area contributed by atoms with Gasteiger partial charge in [-0.05, 0) is 31.0 Å². The number of halogens is 2. The fraction of sp³-hybridized carbons (Fsp3) is 0.462. The molecular formula is C13H14Cl2O3S. The molecule has 0 bridgehead atoms. The average molecular weight is 321 g/mol. The smallest absolute Gasteiger partial charge is 0.179 e. The number of carbonyl (C=O) groups is 1. The maximum atomic E-state index is 12.1. The van der Waals surface area contributed by atoms with E-state index >= 15 is 0 Å². The van der Waals surface area contributed by atoms with E-state index in [-0.39, 0.29) is 15.8 Å². The lowest BCUT2D eigenvalue weighted by Gasteiger charge is -2.10. The Kier molecular flexibility index (Phi) is 4.54. The maximum Gasteiger partial charge on any atom is 0.179 e. The summed E-state index contributed by atoms with van der Waals surface area (Å²) in [6.07, 6.45) is 3.15. The van der Waals surface area contributed by atoms with Crippen LogP contribution in [-0.2, 0) is 9.84 Å². The zero-order chi connectivity index (χ0) is 14.0. The van der Waals surface area contributed by atoms with Crippen LogP contribution in [0.25, 0.3) is 0 Å². The molecule has 3 nitrogen and oxygen atoms in total. The number of carbonyl (C=O) groups excluding carboxylic acids is 1. The van der Waals surface area contributed by atoms with Gasteiger partial charge in [0.2, 0.25) is 0 Å². The molecule has 0 saturated heterocycles. The standard InChI is InChI=1S/C13H14Cl2O3S/c14-9-5-6-11(12(15)7-9)13(16)8-19(17,18)10-3-1-2-4-10/h5-7,10H,1-4,8H2. The summed E-state index contributed by atoms with van der Waals surface area (Å²) in [6.45, 7) is 0. The molecule has 0 aliphatic heterocycles. The lowest BCUT2D eigenvalue weighted by atomic mass is 10.1. The highest BCUT2D eigenvalue weighted by molar-refractivity contribution is 7.92. The van der Waals surface area contributed by atoms with Crippen LogP contribution < -0.4 is 0 Å². The summed E-state index contributed by atoms with van der Waals surface area (Å²) in [5.41, 5.74) is 0.215. The van der Waals surface area contributed by atoms with Crippen molar-refractivity contribution in [3.8, 4) is 0 Å². The molecule has 1 saturated carbocycles. The predicted molar refractivity (Wildman–Crippen MR) is 76.8 cm³/mol. The molecule has 0 atom stereocenters. The molecule has 0 N–H and O–H groups in total. The number of hydrogen-bond donors (Lipinski definition) is 0. The summed E-state index contributed by atoms with van der Waals surface area (Å²) in [6, 6.07) is 4.44. The van der Waals surface area contributed by atoms with E-state index in [1.54, 1.807) is 0 Å². The van der Waals surface area contributed by atoms with Gasteiger partial charge in [0.15, 0.2) is 15.6 Å². The molecule has 0 aromatic heterocycles. The van der Waals surface area contributed by atoms with Gasteiger partial charge in [-0.3, -0.25) is 4.79 Å². The zero-order valence-corrected chi connectivity index (χ0v) is 12.6. The van der Waals surface area contributed by atoms with Crippen molar-refractivity contribution in [2.45, 2.75) is 30.9 Å². The molecule has 1 aromatic carbocycles. The van der Waals surface area contributed by atoms with Gasteiger partial charge in [-0.2, -0.15) is 0 Å². The maximum absolute atomic E-state index is 12.1. The molecule has 0 unspecified atom stereocenters. The third kappa shape index (κ3) is 3.50. The highest BCUT2D eigenvalue weighted by Crippen LogP contribution is 2.27. The lowest BCUT2D eigenvalue weighted by molar-refractivity contribution is 0.102. The van der Waals surface area contributed by atoms with Crippen molar-refractivity contribution >= 4 is 38.8 Å². The first kappa shape index (κ1) is 14.8. The Morgan fingerprint density at radius 1 is 1.21 bits per heavy atom. The number of hydrogen-bond acceptors (Lipinski definition) is 3. The molecule has 1 fully saturated rings. The van der Waals surface area contributed by atoms with E-state index in [2.05, 4.69) is 0 Å². The van der Waals surface area contributed by atoms with Gasteiger partial charge in [0, 0.05) is 10.6 Å². The molecule has 0 amide bonds. The Morgan fingerprint density at radius 3 is 2.42 bits per heavy atom. The van der Waals surface area contributed by atoms with Gasteiger partial charge in [0.25, 0.3) is 0 Å². The first-order chi connectivity index (χ1) is 8.90. The first-order valence-electron chi connectivity index (χ1n) is 6.10. The largest absolute Gasteiger partial charge is 0.293 e. The Balaban J connectivity index is 2.16. The molecule has 19 heavy (non-hydrogen) atoms.